The fraction of sp³-hybridized carbons (Fsp3) is 0.667. The van der Waals surface area contributed by atoms with E-state index >= 15 is 0 Å². The molecule has 9 nitrogen and oxygen atoms in total. The highest BCUT2D eigenvalue weighted by molar-refractivity contribution is 5.77. The molecule has 0 spiro atoms. The lowest BCUT2D eigenvalue weighted by Gasteiger charge is -2.19. The standard InChI is InChI=1S/C30H47NO8/c1-7-9-11-13-26(32)38-24-16-15-22(20-25(24)39-27(33)14-12-10-8-2)19-23(29(35)36-6)31-17-18-37-28(34)21-30(3,4)5/h15-16,20,23,31H,7-14,17-19,21H2,1-6H3/t23-/m0/s1. The minimum Gasteiger partial charge on any atom is -0.468 e. The van der Waals surface area contributed by atoms with E-state index in [9.17, 15) is 19.2 Å². The van der Waals surface area contributed by atoms with Crippen LogP contribution in [0.2, 0.25) is 0 Å². The fourth-order valence-corrected chi connectivity index (χ4v) is 3.73. The fourth-order valence-electron chi connectivity index (χ4n) is 3.73. The number of benzene rings is 1. The highest BCUT2D eigenvalue weighted by Gasteiger charge is 2.22. The number of unbranched alkanes of at least 4 members (excludes halogenated alkanes) is 4. The van der Waals surface area contributed by atoms with Crippen LogP contribution in [0.4, 0.5) is 0 Å². The lowest BCUT2D eigenvalue weighted by Crippen LogP contribution is -2.41. The first kappa shape index (κ1) is 34.1. The third-order valence-corrected chi connectivity index (χ3v) is 5.78. The van der Waals surface area contributed by atoms with Crippen molar-refractivity contribution in [2.45, 2.75) is 105 Å². The van der Waals surface area contributed by atoms with Crippen molar-refractivity contribution in [2.75, 3.05) is 20.3 Å². The Kier molecular flexibility index (Phi) is 16.1. The van der Waals surface area contributed by atoms with E-state index in [4.69, 9.17) is 18.9 Å². The first-order valence-corrected chi connectivity index (χ1v) is 14.0. The molecule has 0 aromatic heterocycles. The zero-order valence-electron chi connectivity index (χ0n) is 24.6. The van der Waals surface area contributed by atoms with Gasteiger partial charge < -0.3 is 24.3 Å². The van der Waals surface area contributed by atoms with Crippen molar-refractivity contribution in [1.82, 2.24) is 5.32 Å². The van der Waals surface area contributed by atoms with E-state index < -0.39 is 23.9 Å². The molecule has 39 heavy (non-hydrogen) atoms. The maximum atomic E-state index is 12.4. The molecule has 1 aromatic rings. The quantitative estimate of drug-likeness (QED) is 0.148. The number of hydrogen-bond donors (Lipinski definition) is 1. The normalized spacial score (nSPS) is 11.9. The van der Waals surface area contributed by atoms with Crippen LogP contribution in [0.5, 0.6) is 11.5 Å². The van der Waals surface area contributed by atoms with Crippen LogP contribution < -0.4 is 14.8 Å². The van der Waals surface area contributed by atoms with Crippen molar-refractivity contribution >= 4 is 23.9 Å². The predicted octanol–water partition coefficient (Wildman–Crippen LogP) is 5.31. The molecular formula is C30H47NO8. The highest BCUT2D eigenvalue weighted by Crippen LogP contribution is 2.30. The average Bonchev–Trinajstić information content (AvgIpc) is 2.86. The summed E-state index contributed by atoms with van der Waals surface area (Å²) < 4.78 is 21.3. The molecule has 9 heteroatoms. The summed E-state index contributed by atoms with van der Waals surface area (Å²) in [4.78, 5) is 49.2. The molecule has 0 unspecified atom stereocenters. The molecule has 0 saturated heterocycles. The van der Waals surface area contributed by atoms with Crippen LogP contribution >= 0.6 is 0 Å². The number of ether oxygens (including phenoxy) is 4. The average molecular weight is 550 g/mol. The molecule has 0 saturated carbocycles. The van der Waals surface area contributed by atoms with Gasteiger partial charge >= 0.3 is 23.9 Å². The van der Waals surface area contributed by atoms with Gasteiger partial charge in [-0.15, -0.1) is 0 Å². The van der Waals surface area contributed by atoms with Crippen LogP contribution in [-0.2, 0) is 35.1 Å². The van der Waals surface area contributed by atoms with Crippen molar-refractivity contribution < 1.29 is 38.1 Å². The van der Waals surface area contributed by atoms with Gasteiger partial charge in [0.25, 0.3) is 0 Å². The lowest BCUT2D eigenvalue weighted by atomic mass is 9.93. The van der Waals surface area contributed by atoms with E-state index in [-0.39, 0.29) is 55.3 Å². The van der Waals surface area contributed by atoms with E-state index in [0.29, 0.717) is 18.4 Å². The van der Waals surface area contributed by atoms with Gasteiger partial charge in [0.1, 0.15) is 12.6 Å². The largest absolute Gasteiger partial charge is 0.468 e. The van der Waals surface area contributed by atoms with E-state index in [1.54, 1.807) is 18.2 Å². The first-order valence-electron chi connectivity index (χ1n) is 14.0. The molecule has 0 aliphatic carbocycles. The summed E-state index contributed by atoms with van der Waals surface area (Å²) in [5.41, 5.74) is 0.497. The number of rotatable bonds is 18. The van der Waals surface area contributed by atoms with Gasteiger partial charge in [-0.1, -0.05) is 66.4 Å². The van der Waals surface area contributed by atoms with Crippen LogP contribution in [0.3, 0.4) is 0 Å². The number of methoxy groups -OCH3 is 1. The molecular weight excluding hydrogens is 502 g/mol. The first-order chi connectivity index (χ1) is 18.5. The van der Waals surface area contributed by atoms with Gasteiger partial charge in [-0.2, -0.15) is 0 Å². The topological polar surface area (TPSA) is 117 Å². The van der Waals surface area contributed by atoms with Gasteiger partial charge in [-0.3, -0.25) is 19.2 Å². The second kappa shape index (κ2) is 18.4. The van der Waals surface area contributed by atoms with Crippen LogP contribution in [0.15, 0.2) is 18.2 Å². The maximum Gasteiger partial charge on any atom is 0.323 e. The second-order valence-electron chi connectivity index (χ2n) is 10.8. The Hall–Kier alpha value is -2.94. The molecule has 0 fully saturated rings. The maximum absolute atomic E-state index is 12.4. The molecule has 0 radical (unpaired) electrons. The third kappa shape index (κ3) is 15.3. The van der Waals surface area contributed by atoms with Gasteiger partial charge in [0.05, 0.1) is 13.5 Å². The SMILES string of the molecule is CCCCCC(=O)Oc1ccc(C[C@H](NCCOC(=O)CC(C)(C)C)C(=O)OC)cc1OC(=O)CCCCC. The molecule has 1 atom stereocenters. The number of carbonyl (C=O) groups excluding carboxylic acids is 4. The van der Waals surface area contributed by atoms with E-state index in [1.165, 1.54) is 7.11 Å². The Morgan fingerprint density at radius 2 is 1.44 bits per heavy atom. The van der Waals surface area contributed by atoms with Crippen molar-refractivity contribution in [3.63, 3.8) is 0 Å². The van der Waals surface area contributed by atoms with Gasteiger partial charge in [0.15, 0.2) is 11.5 Å². The summed E-state index contributed by atoms with van der Waals surface area (Å²) in [6.45, 7) is 10.3. The summed E-state index contributed by atoms with van der Waals surface area (Å²) in [5.74, 6) is -1.29. The third-order valence-electron chi connectivity index (χ3n) is 5.78. The minimum atomic E-state index is -0.730. The Balaban J connectivity index is 2.94. The zero-order valence-corrected chi connectivity index (χ0v) is 24.6. The molecule has 1 aromatic carbocycles. The van der Waals surface area contributed by atoms with Crippen molar-refractivity contribution in [2.24, 2.45) is 5.41 Å². The zero-order chi connectivity index (χ0) is 29.3. The van der Waals surface area contributed by atoms with Crippen molar-refractivity contribution in [3.05, 3.63) is 23.8 Å². The number of nitrogens with one attached hydrogen (secondary N) is 1. The Morgan fingerprint density at radius 3 is 1.97 bits per heavy atom. The molecule has 0 heterocycles. The van der Waals surface area contributed by atoms with Crippen LogP contribution in [0.25, 0.3) is 0 Å². The van der Waals surface area contributed by atoms with Gasteiger partial charge in [-0.25, -0.2) is 0 Å². The van der Waals surface area contributed by atoms with E-state index in [1.807, 2.05) is 27.7 Å². The molecule has 0 bridgehead atoms. The molecule has 1 N–H and O–H groups in total. The lowest BCUT2D eigenvalue weighted by molar-refractivity contribution is -0.145. The summed E-state index contributed by atoms with van der Waals surface area (Å²) >= 11 is 0. The van der Waals surface area contributed by atoms with Crippen molar-refractivity contribution in [1.29, 1.82) is 0 Å². The smallest absolute Gasteiger partial charge is 0.323 e. The van der Waals surface area contributed by atoms with E-state index in [0.717, 1.165) is 32.1 Å². The van der Waals surface area contributed by atoms with Crippen LogP contribution in [0, 0.1) is 5.41 Å². The second-order valence-corrected chi connectivity index (χ2v) is 10.8. The van der Waals surface area contributed by atoms with Crippen LogP contribution in [-0.4, -0.2) is 50.2 Å². The van der Waals surface area contributed by atoms with Gasteiger partial charge in [0.2, 0.25) is 0 Å². The van der Waals surface area contributed by atoms with Gasteiger partial charge in [-0.05, 0) is 42.4 Å². The minimum absolute atomic E-state index is 0.107. The number of hydrogen-bond acceptors (Lipinski definition) is 9. The summed E-state index contributed by atoms with van der Waals surface area (Å²) in [6.07, 6.45) is 6.25. The molecule has 0 amide bonds. The Bertz CT molecular complexity index is 922. The van der Waals surface area contributed by atoms with Gasteiger partial charge in [0, 0.05) is 19.4 Å². The number of esters is 4. The Labute approximate surface area is 233 Å². The summed E-state index contributed by atoms with van der Waals surface area (Å²) in [6, 6.07) is 4.16. The molecule has 220 valence electrons. The molecule has 0 aliphatic rings. The van der Waals surface area contributed by atoms with Crippen LogP contribution in [0.1, 0.15) is 98.0 Å². The highest BCUT2D eigenvalue weighted by atomic mass is 16.6. The Morgan fingerprint density at radius 1 is 0.846 bits per heavy atom. The summed E-state index contributed by atoms with van der Waals surface area (Å²) in [7, 11) is 1.30. The molecule has 0 aliphatic heterocycles. The molecule has 1 rings (SSSR count). The monoisotopic (exact) mass is 549 g/mol. The predicted molar refractivity (Wildman–Crippen MR) is 149 cm³/mol. The van der Waals surface area contributed by atoms with E-state index in [2.05, 4.69) is 12.2 Å². The number of carbonyl (C=O) groups is 4. The van der Waals surface area contributed by atoms with Crippen molar-refractivity contribution in [3.8, 4) is 11.5 Å². The summed E-state index contributed by atoms with van der Waals surface area (Å²) in [5, 5.41) is 3.06.